The molecule has 0 aromatic carbocycles. The number of rotatable bonds is 4. The molecule has 2 saturated carbocycles. The first-order chi connectivity index (χ1) is 10.1. The first kappa shape index (κ1) is 14.3. The zero-order valence-corrected chi connectivity index (χ0v) is 12.1. The molecule has 2 aliphatic carbocycles. The Morgan fingerprint density at radius 1 is 1.33 bits per heavy atom. The number of nitrogen functional groups attached to an aromatic ring is 1. The zero-order chi connectivity index (χ0) is 14.8. The number of nitrogens with zero attached hydrogens (tertiary/aromatic N) is 2. The van der Waals surface area contributed by atoms with Crippen LogP contribution in [0.3, 0.4) is 0 Å². The largest absolute Gasteiger partial charge is 0.365 e. The second-order valence-electron chi connectivity index (χ2n) is 6.28. The molecule has 0 spiro atoms. The molecule has 2 bridgehead atoms. The third-order valence-corrected chi connectivity index (χ3v) is 4.91. The summed E-state index contributed by atoms with van der Waals surface area (Å²) in [5.41, 5.74) is 11.6. The van der Waals surface area contributed by atoms with Gasteiger partial charge in [0.2, 0.25) is 11.8 Å². The van der Waals surface area contributed by atoms with Crippen molar-refractivity contribution in [3.05, 3.63) is 5.89 Å². The Labute approximate surface area is 123 Å². The number of nitrogens with two attached hydrogens (primary N) is 2. The van der Waals surface area contributed by atoms with Crippen LogP contribution in [0.25, 0.3) is 0 Å². The van der Waals surface area contributed by atoms with E-state index in [-0.39, 0.29) is 17.8 Å². The number of fused-ring (bicyclic) bond motifs is 2. The lowest BCUT2D eigenvalue weighted by Crippen LogP contribution is -2.49. The molecule has 1 aromatic heterocycles. The number of anilines is 1. The second kappa shape index (κ2) is 6.01. The molecule has 3 rings (SSSR count). The average Bonchev–Trinajstić information content (AvgIpc) is 2.84. The highest BCUT2D eigenvalue weighted by Crippen LogP contribution is 2.41. The lowest BCUT2D eigenvalue weighted by molar-refractivity contribution is -0.127. The molecular weight excluding hydrogens is 270 g/mol. The Balaban J connectivity index is 1.47. The summed E-state index contributed by atoms with van der Waals surface area (Å²) in [5.74, 6) is 1.85. The van der Waals surface area contributed by atoms with Crippen LogP contribution in [0.1, 0.15) is 38.0 Å². The smallest absolute Gasteiger partial charge is 0.260 e. The van der Waals surface area contributed by atoms with Gasteiger partial charge in [0.1, 0.15) is 0 Å². The van der Waals surface area contributed by atoms with E-state index < -0.39 is 0 Å². The maximum Gasteiger partial charge on any atom is 0.260 e. The van der Waals surface area contributed by atoms with Gasteiger partial charge < -0.3 is 21.3 Å². The van der Waals surface area contributed by atoms with E-state index in [1.54, 1.807) is 0 Å². The fraction of sp³-hybridized carbons (Fsp3) is 0.786. The summed E-state index contributed by atoms with van der Waals surface area (Å²) >= 11 is 0. The van der Waals surface area contributed by atoms with E-state index in [1.165, 1.54) is 19.3 Å². The number of hydrogen-bond donors (Lipinski definition) is 3. The van der Waals surface area contributed by atoms with Crippen LogP contribution in [0.4, 0.5) is 5.95 Å². The van der Waals surface area contributed by atoms with Gasteiger partial charge in [0.25, 0.3) is 5.95 Å². The third-order valence-electron chi connectivity index (χ3n) is 4.91. The zero-order valence-electron chi connectivity index (χ0n) is 12.1. The molecule has 1 aromatic rings. The molecule has 2 fully saturated rings. The van der Waals surface area contributed by atoms with Crippen LogP contribution in [0.2, 0.25) is 0 Å². The van der Waals surface area contributed by atoms with E-state index in [9.17, 15) is 4.79 Å². The summed E-state index contributed by atoms with van der Waals surface area (Å²) in [4.78, 5) is 16.2. The molecule has 1 amide bonds. The number of carbonyl (C=O) groups excluding carboxylic acids is 1. The van der Waals surface area contributed by atoms with E-state index in [4.69, 9.17) is 16.0 Å². The summed E-state index contributed by atoms with van der Waals surface area (Å²) in [6, 6.07) is 0.296. The van der Waals surface area contributed by atoms with Gasteiger partial charge in [-0.1, -0.05) is 6.42 Å². The van der Waals surface area contributed by atoms with Gasteiger partial charge in [-0.15, -0.1) is 0 Å². The van der Waals surface area contributed by atoms with Gasteiger partial charge in [-0.3, -0.25) is 4.79 Å². The molecule has 0 aliphatic heterocycles. The summed E-state index contributed by atoms with van der Waals surface area (Å²) in [7, 11) is 0. The molecule has 116 valence electrons. The van der Waals surface area contributed by atoms with Crippen LogP contribution in [-0.2, 0) is 11.2 Å². The van der Waals surface area contributed by atoms with Gasteiger partial charge in [0, 0.05) is 24.9 Å². The average molecular weight is 293 g/mol. The molecule has 2 unspecified atom stereocenters. The van der Waals surface area contributed by atoms with Gasteiger partial charge >= 0.3 is 0 Å². The lowest BCUT2D eigenvalue weighted by Gasteiger charge is -2.43. The van der Waals surface area contributed by atoms with Crippen molar-refractivity contribution in [3.63, 3.8) is 0 Å². The second-order valence-corrected chi connectivity index (χ2v) is 6.28. The Bertz CT molecular complexity index is 489. The normalized spacial score (nSPS) is 31.9. The highest BCUT2D eigenvalue weighted by atomic mass is 16.5. The van der Waals surface area contributed by atoms with Crippen molar-refractivity contribution in [2.45, 2.75) is 44.6 Å². The van der Waals surface area contributed by atoms with Crippen LogP contribution in [0.15, 0.2) is 4.52 Å². The topological polar surface area (TPSA) is 120 Å². The van der Waals surface area contributed by atoms with Crippen LogP contribution < -0.4 is 16.8 Å². The molecular formula is C14H23N5O2. The molecule has 21 heavy (non-hydrogen) atoms. The minimum absolute atomic E-state index is 0.104. The van der Waals surface area contributed by atoms with E-state index in [0.717, 1.165) is 12.8 Å². The standard InChI is InChI=1S/C14H23N5O2/c15-12-8-2-1-3-9(12)7-10(6-8)13(20)17-5-4-11-18-14(16)19-21-11/h8-10,12H,1-7,15H2,(H2,16,19)(H,17,20). The van der Waals surface area contributed by atoms with Crippen LogP contribution in [0.5, 0.6) is 0 Å². The summed E-state index contributed by atoms with van der Waals surface area (Å²) in [6.07, 6.45) is 5.96. The van der Waals surface area contributed by atoms with Gasteiger partial charge in [0.05, 0.1) is 0 Å². The molecule has 5 N–H and O–H groups in total. The Morgan fingerprint density at radius 2 is 2.05 bits per heavy atom. The minimum atomic E-state index is 0.104. The van der Waals surface area contributed by atoms with Crippen molar-refractivity contribution in [2.24, 2.45) is 23.5 Å². The number of aromatic nitrogens is 2. The molecule has 7 heteroatoms. The highest BCUT2D eigenvalue weighted by molar-refractivity contribution is 5.78. The monoisotopic (exact) mass is 293 g/mol. The first-order valence-electron chi connectivity index (χ1n) is 7.75. The van der Waals surface area contributed by atoms with E-state index in [2.05, 4.69) is 15.5 Å². The molecule has 1 heterocycles. The third kappa shape index (κ3) is 3.18. The fourth-order valence-electron chi connectivity index (χ4n) is 3.81. The minimum Gasteiger partial charge on any atom is -0.365 e. The van der Waals surface area contributed by atoms with Crippen LogP contribution in [0, 0.1) is 17.8 Å². The predicted octanol–water partition coefficient (Wildman–Crippen LogP) is 0.464. The summed E-state index contributed by atoms with van der Waals surface area (Å²) in [6.45, 7) is 0.498. The van der Waals surface area contributed by atoms with Gasteiger partial charge in [-0.25, -0.2) is 0 Å². The van der Waals surface area contributed by atoms with E-state index in [0.29, 0.717) is 36.7 Å². The maximum atomic E-state index is 12.3. The Hall–Kier alpha value is -1.63. The van der Waals surface area contributed by atoms with Crippen molar-refractivity contribution in [1.29, 1.82) is 0 Å². The van der Waals surface area contributed by atoms with Crippen molar-refractivity contribution >= 4 is 11.9 Å². The quantitative estimate of drug-likeness (QED) is 0.742. The van der Waals surface area contributed by atoms with E-state index in [1.807, 2.05) is 0 Å². The van der Waals surface area contributed by atoms with Crippen molar-refractivity contribution in [3.8, 4) is 0 Å². The number of amides is 1. The van der Waals surface area contributed by atoms with E-state index >= 15 is 0 Å². The molecule has 2 atom stereocenters. The van der Waals surface area contributed by atoms with Crippen LogP contribution >= 0.6 is 0 Å². The highest BCUT2D eigenvalue weighted by Gasteiger charge is 2.40. The van der Waals surface area contributed by atoms with Gasteiger partial charge in [-0.2, -0.15) is 4.98 Å². The molecule has 0 radical (unpaired) electrons. The van der Waals surface area contributed by atoms with Gasteiger partial charge in [0.15, 0.2) is 0 Å². The fourth-order valence-corrected chi connectivity index (χ4v) is 3.81. The molecule has 7 nitrogen and oxygen atoms in total. The van der Waals surface area contributed by atoms with Gasteiger partial charge in [-0.05, 0) is 42.7 Å². The Morgan fingerprint density at radius 3 is 2.67 bits per heavy atom. The van der Waals surface area contributed by atoms with Crippen molar-refractivity contribution in [2.75, 3.05) is 12.3 Å². The predicted molar refractivity (Wildman–Crippen MR) is 77.0 cm³/mol. The summed E-state index contributed by atoms with van der Waals surface area (Å²) in [5, 5.41) is 6.48. The summed E-state index contributed by atoms with van der Waals surface area (Å²) < 4.78 is 4.91. The number of carbonyl (C=O) groups is 1. The lowest BCUT2D eigenvalue weighted by atomic mass is 9.65. The SMILES string of the molecule is Nc1noc(CCNC(=O)C2CC3CCCC(C2)C3N)n1. The van der Waals surface area contributed by atoms with Crippen LogP contribution in [-0.4, -0.2) is 28.6 Å². The molecule has 2 aliphatic rings. The maximum absolute atomic E-state index is 12.3. The molecule has 0 saturated heterocycles. The number of nitrogens with one attached hydrogen (secondary N) is 1. The van der Waals surface area contributed by atoms with Crippen molar-refractivity contribution in [1.82, 2.24) is 15.5 Å². The number of hydrogen-bond acceptors (Lipinski definition) is 6. The van der Waals surface area contributed by atoms with Crippen molar-refractivity contribution < 1.29 is 9.32 Å². The first-order valence-corrected chi connectivity index (χ1v) is 7.75. The Kier molecular flexibility index (Phi) is 4.10.